The molecule has 1 aliphatic rings. The molecule has 1 aliphatic heterocycles. The number of piperidine rings is 1. The average molecular weight is 441 g/mol. The maximum absolute atomic E-state index is 12.6. The standard InChI is InChI=1S/C25H32N2O5/c1-18(28)20-6-4-5-19(15-20)17-27-12-9-21(10-13-27)32-24-16-22(31-3)7-8-23(24)25(29)26-11-14-30-2/h4-8,15-16,21H,9-14,17H2,1-3H3,(H,26,29). The molecule has 3 rings (SSSR count). The minimum atomic E-state index is -0.192. The summed E-state index contributed by atoms with van der Waals surface area (Å²) >= 11 is 0. The van der Waals surface area contributed by atoms with Gasteiger partial charge in [-0.1, -0.05) is 18.2 Å². The summed E-state index contributed by atoms with van der Waals surface area (Å²) < 4.78 is 16.6. The molecule has 2 aromatic rings. The summed E-state index contributed by atoms with van der Waals surface area (Å²) in [5, 5.41) is 2.84. The van der Waals surface area contributed by atoms with E-state index >= 15 is 0 Å². The molecule has 7 nitrogen and oxygen atoms in total. The maximum Gasteiger partial charge on any atom is 0.255 e. The van der Waals surface area contributed by atoms with Crippen molar-refractivity contribution in [3.05, 3.63) is 59.2 Å². The molecule has 0 unspecified atom stereocenters. The summed E-state index contributed by atoms with van der Waals surface area (Å²) in [6, 6.07) is 13.1. The quantitative estimate of drug-likeness (QED) is 0.451. The van der Waals surface area contributed by atoms with E-state index in [4.69, 9.17) is 14.2 Å². The second kappa shape index (κ2) is 11.6. The molecule has 0 saturated carbocycles. The number of likely N-dealkylation sites (tertiary alicyclic amines) is 1. The summed E-state index contributed by atoms with van der Waals surface area (Å²) in [6.07, 6.45) is 1.73. The highest BCUT2D eigenvalue weighted by molar-refractivity contribution is 5.97. The third-order valence-corrected chi connectivity index (χ3v) is 5.59. The van der Waals surface area contributed by atoms with Gasteiger partial charge in [-0.2, -0.15) is 0 Å². The highest BCUT2D eigenvalue weighted by atomic mass is 16.5. The molecule has 0 aliphatic carbocycles. The van der Waals surface area contributed by atoms with Crippen LogP contribution in [0.1, 0.15) is 46.0 Å². The van der Waals surface area contributed by atoms with E-state index in [0.29, 0.717) is 30.2 Å². The third kappa shape index (κ3) is 6.55. The Kier molecular flexibility index (Phi) is 8.64. The van der Waals surface area contributed by atoms with Crippen LogP contribution in [0.4, 0.5) is 0 Å². The Labute approximate surface area is 189 Å². The number of ether oxygens (including phenoxy) is 3. The number of carbonyl (C=O) groups excluding carboxylic acids is 2. The van der Waals surface area contributed by atoms with Crippen LogP contribution in [0.15, 0.2) is 42.5 Å². The summed E-state index contributed by atoms with van der Waals surface area (Å²) in [5.41, 5.74) is 2.38. The van der Waals surface area contributed by atoms with Crippen molar-refractivity contribution in [2.24, 2.45) is 0 Å². The zero-order valence-corrected chi connectivity index (χ0v) is 19.1. The molecule has 0 radical (unpaired) electrons. The van der Waals surface area contributed by atoms with Crippen molar-refractivity contribution in [1.82, 2.24) is 10.2 Å². The molecule has 1 saturated heterocycles. The normalized spacial score (nSPS) is 14.7. The van der Waals surface area contributed by atoms with Gasteiger partial charge in [0, 0.05) is 44.9 Å². The second-order valence-electron chi connectivity index (χ2n) is 7.96. The van der Waals surface area contributed by atoms with Crippen LogP contribution in [0.5, 0.6) is 11.5 Å². The first-order chi connectivity index (χ1) is 15.5. The van der Waals surface area contributed by atoms with Gasteiger partial charge in [0.15, 0.2) is 5.78 Å². The number of benzene rings is 2. The van der Waals surface area contributed by atoms with Crippen LogP contribution < -0.4 is 14.8 Å². The fourth-order valence-corrected chi connectivity index (χ4v) is 3.79. The molecule has 1 heterocycles. The van der Waals surface area contributed by atoms with Crippen LogP contribution in [0.25, 0.3) is 0 Å². The molecule has 172 valence electrons. The number of Topliss-reactive ketones (excluding diaryl/α,β-unsaturated/α-hetero) is 1. The molecule has 0 spiro atoms. The number of hydrogen-bond acceptors (Lipinski definition) is 6. The highest BCUT2D eigenvalue weighted by Crippen LogP contribution is 2.28. The van der Waals surface area contributed by atoms with Gasteiger partial charge in [0.1, 0.15) is 17.6 Å². The first-order valence-electron chi connectivity index (χ1n) is 10.9. The van der Waals surface area contributed by atoms with Gasteiger partial charge < -0.3 is 19.5 Å². The van der Waals surface area contributed by atoms with Gasteiger partial charge in [-0.25, -0.2) is 0 Å². The van der Waals surface area contributed by atoms with E-state index in [2.05, 4.69) is 16.3 Å². The first-order valence-corrected chi connectivity index (χ1v) is 10.9. The SMILES string of the molecule is COCCNC(=O)c1ccc(OC)cc1OC1CCN(Cc2cccc(C(C)=O)c2)CC1. The number of rotatable bonds is 10. The Balaban J connectivity index is 1.60. The molecule has 2 aromatic carbocycles. The fourth-order valence-electron chi connectivity index (χ4n) is 3.79. The Bertz CT molecular complexity index is 922. The monoisotopic (exact) mass is 440 g/mol. The number of carbonyl (C=O) groups is 2. The minimum Gasteiger partial charge on any atom is -0.497 e. The summed E-state index contributed by atoms with van der Waals surface area (Å²) in [7, 11) is 3.19. The van der Waals surface area contributed by atoms with Crippen LogP contribution in [-0.2, 0) is 11.3 Å². The molecule has 1 N–H and O–H groups in total. The van der Waals surface area contributed by atoms with Crippen LogP contribution in [0.2, 0.25) is 0 Å². The summed E-state index contributed by atoms with van der Waals surface area (Å²) in [5.74, 6) is 1.07. The zero-order chi connectivity index (χ0) is 22.9. The van der Waals surface area contributed by atoms with E-state index < -0.39 is 0 Å². The van der Waals surface area contributed by atoms with E-state index in [1.165, 1.54) is 0 Å². The van der Waals surface area contributed by atoms with Crippen LogP contribution in [0.3, 0.4) is 0 Å². The van der Waals surface area contributed by atoms with Crippen molar-refractivity contribution in [3.8, 4) is 11.5 Å². The lowest BCUT2D eigenvalue weighted by Crippen LogP contribution is -2.38. The average Bonchev–Trinajstić information content (AvgIpc) is 2.80. The fraction of sp³-hybridized carbons (Fsp3) is 0.440. The van der Waals surface area contributed by atoms with Crippen molar-refractivity contribution in [3.63, 3.8) is 0 Å². The molecule has 7 heteroatoms. The van der Waals surface area contributed by atoms with E-state index in [-0.39, 0.29) is 17.8 Å². The predicted octanol–water partition coefficient (Wildman–Crippen LogP) is 3.32. The molecule has 1 amide bonds. The van der Waals surface area contributed by atoms with Crippen molar-refractivity contribution in [1.29, 1.82) is 0 Å². The van der Waals surface area contributed by atoms with Crippen LogP contribution in [-0.4, -0.2) is 63.2 Å². The van der Waals surface area contributed by atoms with Crippen molar-refractivity contribution in [2.45, 2.75) is 32.4 Å². The number of nitrogens with zero attached hydrogens (tertiary/aromatic N) is 1. The molecule has 32 heavy (non-hydrogen) atoms. The molecule has 0 aromatic heterocycles. The smallest absolute Gasteiger partial charge is 0.255 e. The van der Waals surface area contributed by atoms with Crippen molar-refractivity contribution >= 4 is 11.7 Å². The minimum absolute atomic E-state index is 0.0208. The van der Waals surface area contributed by atoms with Gasteiger partial charge in [-0.05, 0) is 43.5 Å². The third-order valence-electron chi connectivity index (χ3n) is 5.59. The number of ketones is 1. The van der Waals surface area contributed by atoms with Gasteiger partial charge in [0.25, 0.3) is 5.91 Å². The maximum atomic E-state index is 12.6. The van der Waals surface area contributed by atoms with E-state index in [9.17, 15) is 9.59 Å². The van der Waals surface area contributed by atoms with Gasteiger partial charge in [-0.15, -0.1) is 0 Å². The number of amides is 1. The topological polar surface area (TPSA) is 77.1 Å². The number of hydrogen-bond donors (Lipinski definition) is 1. The highest BCUT2D eigenvalue weighted by Gasteiger charge is 2.23. The van der Waals surface area contributed by atoms with Gasteiger partial charge in [-0.3, -0.25) is 14.5 Å². The lowest BCUT2D eigenvalue weighted by atomic mass is 10.0. The van der Waals surface area contributed by atoms with Crippen LogP contribution >= 0.6 is 0 Å². The lowest BCUT2D eigenvalue weighted by Gasteiger charge is -2.32. The Morgan fingerprint density at radius 2 is 1.88 bits per heavy atom. The van der Waals surface area contributed by atoms with Gasteiger partial charge in [0.05, 0.1) is 19.3 Å². The van der Waals surface area contributed by atoms with Gasteiger partial charge in [0.2, 0.25) is 0 Å². The predicted molar refractivity (Wildman–Crippen MR) is 123 cm³/mol. The van der Waals surface area contributed by atoms with Crippen molar-refractivity contribution in [2.75, 3.05) is 40.5 Å². The zero-order valence-electron chi connectivity index (χ0n) is 19.1. The molecule has 0 atom stereocenters. The number of methoxy groups -OCH3 is 2. The second-order valence-corrected chi connectivity index (χ2v) is 7.96. The Morgan fingerprint density at radius 1 is 1.09 bits per heavy atom. The van der Waals surface area contributed by atoms with Crippen molar-refractivity contribution < 1.29 is 23.8 Å². The molecular weight excluding hydrogens is 408 g/mol. The van der Waals surface area contributed by atoms with E-state index in [1.54, 1.807) is 39.3 Å². The summed E-state index contributed by atoms with van der Waals surface area (Å²) in [6.45, 7) is 5.05. The summed E-state index contributed by atoms with van der Waals surface area (Å²) in [4.78, 5) is 26.6. The van der Waals surface area contributed by atoms with E-state index in [0.717, 1.165) is 43.6 Å². The Hall–Kier alpha value is -2.90. The molecule has 0 bridgehead atoms. The first kappa shape index (κ1) is 23.8. The number of nitrogens with one attached hydrogen (secondary N) is 1. The molecular formula is C25H32N2O5. The largest absolute Gasteiger partial charge is 0.497 e. The molecule has 1 fully saturated rings. The Morgan fingerprint density at radius 3 is 2.56 bits per heavy atom. The van der Waals surface area contributed by atoms with Gasteiger partial charge >= 0.3 is 0 Å². The lowest BCUT2D eigenvalue weighted by molar-refractivity contribution is 0.0881. The van der Waals surface area contributed by atoms with Crippen LogP contribution in [0, 0.1) is 0 Å². The van der Waals surface area contributed by atoms with E-state index in [1.807, 2.05) is 18.2 Å².